The number of hydrogen-bond acceptors (Lipinski definition) is 5. The standard InChI is InChI=1S/C22H21N3O3/c26-21(16-28-22(27)20-15-23-13-14-24-20)25-12-11-19(17-7-3-1-4-8-17)18-9-5-2-6-10-18/h1-10,13-15,19H,11-12,16H2,(H,25,26). The largest absolute Gasteiger partial charge is 0.451 e. The van der Waals surface area contributed by atoms with Crippen molar-refractivity contribution in [3.63, 3.8) is 0 Å². The number of benzene rings is 2. The summed E-state index contributed by atoms with van der Waals surface area (Å²) in [6, 6.07) is 20.4. The summed E-state index contributed by atoms with van der Waals surface area (Å²) in [5.41, 5.74) is 2.46. The molecule has 0 aliphatic heterocycles. The normalized spacial score (nSPS) is 10.5. The van der Waals surface area contributed by atoms with E-state index in [0.717, 1.165) is 6.42 Å². The third-order valence-corrected chi connectivity index (χ3v) is 4.27. The van der Waals surface area contributed by atoms with E-state index in [0.29, 0.717) is 6.54 Å². The highest BCUT2D eigenvalue weighted by atomic mass is 16.5. The SMILES string of the molecule is O=C(COC(=O)c1cnccn1)NCCC(c1ccccc1)c1ccccc1. The quantitative estimate of drug-likeness (QED) is 0.612. The highest BCUT2D eigenvalue weighted by molar-refractivity contribution is 5.89. The predicted molar refractivity (Wildman–Crippen MR) is 105 cm³/mol. The molecule has 0 aliphatic carbocycles. The van der Waals surface area contributed by atoms with Crippen molar-refractivity contribution in [1.82, 2.24) is 15.3 Å². The monoisotopic (exact) mass is 375 g/mol. The fourth-order valence-electron chi connectivity index (χ4n) is 2.91. The summed E-state index contributed by atoms with van der Waals surface area (Å²) in [5, 5.41) is 2.81. The minimum Gasteiger partial charge on any atom is -0.451 e. The number of aromatic nitrogens is 2. The van der Waals surface area contributed by atoms with Gasteiger partial charge in [-0.1, -0.05) is 60.7 Å². The molecule has 1 amide bonds. The lowest BCUT2D eigenvalue weighted by molar-refractivity contribution is -0.124. The van der Waals surface area contributed by atoms with Crippen LogP contribution in [0.4, 0.5) is 0 Å². The van der Waals surface area contributed by atoms with E-state index < -0.39 is 5.97 Å². The lowest BCUT2D eigenvalue weighted by atomic mass is 9.88. The van der Waals surface area contributed by atoms with Gasteiger partial charge >= 0.3 is 5.97 Å². The van der Waals surface area contributed by atoms with Crippen molar-refractivity contribution in [2.45, 2.75) is 12.3 Å². The summed E-state index contributed by atoms with van der Waals surface area (Å²) in [7, 11) is 0. The van der Waals surface area contributed by atoms with Gasteiger partial charge in [-0.25, -0.2) is 9.78 Å². The number of carbonyl (C=O) groups is 2. The van der Waals surface area contributed by atoms with E-state index in [-0.39, 0.29) is 24.1 Å². The summed E-state index contributed by atoms with van der Waals surface area (Å²) < 4.78 is 4.96. The molecule has 3 rings (SSSR count). The molecule has 28 heavy (non-hydrogen) atoms. The topological polar surface area (TPSA) is 81.2 Å². The van der Waals surface area contributed by atoms with E-state index in [2.05, 4.69) is 39.6 Å². The molecule has 0 spiro atoms. The first-order valence-corrected chi connectivity index (χ1v) is 9.04. The van der Waals surface area contributed by atoms with Gasteiger partial charge in [0.2, 0.25) is 0 Å². The Labute approximate surface area is 163 Å². The molecule has 0 atom stereocenters. The number of esters is 1. The molecule has 142 valence electrons. The number of nitrogens with zero attached hydrogens (tertiary/aromatic N) is 2. The van der Waals surface area contributed by atoms with Crippen molar-refractivity contribution >= 4 is 11.9 Å². The maximum absolute atomic E-state index is 12.0. The van der Waals surface area contributed by atoms with Gasteiger partial charge < -0.3 is 10.1 Å². The zero-order chi connectivity index (χ0) is 19.6. The minimum atomic E-state index is -0.672. The highest BCUT2D eigenvalue weighted by Gasteiger charge is 2.15. The number of ether oxygens (including phenoxy) is 1. The van der Waals surface area contributed by atoms with Crippen LogP contribution in [0.5, 0.6) is 0 Å². The van der Waals surface area contributed by atoms with E-state index in [1.165, 1.54) is 29.7 Å². The molecule has 1 heterocycles. The molecule has 0 fully saturated rings. The lowest BCUT2D eigenvalue weighted by Gasteiger charge is -2.18. The van der Waals surface area contributed by atoms with Gasteiger partial charge in [-0.15, -0.1) is 0 Å². The molecule has 0 radical (unpaired) electrons. The Hall–Kier alpha value is -3.54. The van der Waals surface area contributed by atoms with E-state index in [9.17, 15) is 9.59 Å². The van der Waals surface area contributed by atoms with Crippen LogP contribution >= 0.6 is 0 Å². The van der Waals surface area contributed by atoms with Crippen LogP contribution in [0.15, 0.2) is 79.3 Å². The molecular weight excluding hydrogens is 354 g/mol. The van der Waals surface area contributed by atoms with E-state index in [1.54, 1.807) is 0 Å². The van der Waals surface area contributed by atoms with Crippen molar-refractivity contribution in [3.05, 3.63) is 96.1 Å². The molecule has 3 aromatic rings. The first-order valence-electron chi connectivity index (χ1n) is 9.04. The van der Waals surface area contributed by atoms with Gasteiger partial charge in [0.15, 0.2) is 12.3 Å². The number of carbonyl (C=O) groups excluding carboxylic acids is 2. The van der Waals surface area contributed by atoms with E-state index in [4.69, 9.17) is 4.74 Å². The first-order chi connectivity index (χ1) is 13.7. The van der Waals surface area contributed by atoms with Gasteiger partial charge in [0.05, 0.1) is 6.20 Å². The third kappa shape index (κ3) is 5.48. The summed E-state index contributed by atoms with van der Waals surface area (Å²) in [6.45, 7) is 0.118. The molecule has 6 heteroatoms. The van der Waals surface area contributed by atoms with Crippen LogP contribution in [-0.2, 0) is 9.53 Å². The van der Waals surface area contributed by atoms with E-state index >= 15 is 0 Å². The molecule has 1 aromatic heterocycles. The second-order valence-corrected chi connectivity index (χ2v) is 6.18. The van der Waals surface area contributed by atoms with Crippen LogP contribution in [-0.4, -0.2) is 35.0 Å². The molecule has 6 nitrogen and oxygen atoms in total. The van der Waals surface area contributed by atoms with Crippen LogP contribution in [0.25, 0.3) is 0 Å². The Morgan fingerprint density at radius 2 is 1.57 bits per heavy atom. The fourth-order valence-corrected chi connectivity index (χ4v) is 2.91. The summed E-state index contributed by atoms with van der Waals surface area (Å²) >= 11 is 0. The average Bonchev–Trinajstić information content (AvgIpc) is 2.77. The summed E-state index contributed by atoms with van der Waals surface area (Å²) in [4.78, 5) is 31.4. The lowest BCUT2D eigenvalue weighted by Crippen LogP contribution is -2.30. The predicted octanol–water partition coefficient (Wildman–Crippen LogP) is 2.97. The van der Waals surface area contributed by atoms with Crippen LogP contribution in [0.3, 0.4) is 0 Å². The fraction of sp³-hybridized carbons (Fsp3) is 0.182. The second-order valence-electron chi connectivity index (χ2n) is 6.18. The number of rotatable bonds is 8. The molecule has 0 bridgehead atoms. The number of amides is 1. The van der Waals surface area contributed by atoms with Gasteiger partial charge in [0.25, 0.3) is 5.91 Å². The van der Waals surface area contributed by atoms with Crippen molar-refractivity contribution in [3.8, 4) is 0 Å². The van der Waals surface area contributed by atoms with Crippen LogP contribution in [0.2, 0.25) is 0 Å². The Bertz CT molecular complexity index is 847. The molecule has 0 saturated heterocycles. The Morgan fingerprint density at radius 1 is 0.929 bits per heavy atom. The van der Waals surface area contributed by atoms with Gasteiger partial charge in [-0.3, -0.25) is 9.78 Å². The van der Waals surface area contributed by atoms with Crippen molar-refractivity contribution < 1.29 is 14.3 Å². The first kappa shape index (κ1) is 19.2. The zero-order valence-electron chi connectivity index (χ0n) is 15.3. The second kappa shape index (κ2) is 9.97. The maximum atomic E-state index is 12.0. The van der Waals surface area contributed by atoms with Crippen molar-refractivity contribution in [2.75, 3.05) is 13.2 Å². The highest BCUT2D eigenvalue weighted by Crippen LogP contribution is 2.27. The van der Waals surface area contributed by atoms with Gasteiger partial charge in [-0.2, -0.15) is 0 Å². The number of hydrogen-bond donors (Lipinski definition) is 1. The maximum Gasteiger partial charge on any atom is 0.359 e. The third-order valence-electron chi connectivity index (χ3n) is 4.27. The zero-order valence-corrected chi connectivity index (χ0v) is 15.3. The molecule has 0 unspecified atom stereocenters. The molecule has 0 aliphatic rings. The van der Waals surface area contributed by atoms with Crippen LogP contribution in [0, 0.1) is 0 Å². The van der Waals surface area contributed by atoms with E-state index in [1.807, 2.05) is 36.4 Å². The minimum absolute atomic E-state index is 0.0727. The Kier molecular flexibility index (Phi) is 6.84. The summed E-state index contributed by atoms with van der Waals surface area (Å²) in [6.07, 6.45) is 4.88. The van der Waals surface area contributed by atoms with Gasteiger partial charge in [-0.05, 0) is 17.5 Å². The average molecular weight is 375 g/mol. The van der Waals surface area contributed by atoms with Crippen LogP contribution < -0.4 is 5.32 Å². The summed E-state index contributed by atoms with van der Waals surface area (Å²) in [5.74, 6) is -0.850. The van der Waals surface area contributed by atoms with Crippen molar-refractivity contribution in [2.24, 2.45) is 0 Å². The van der Waals surface area contributed by atoms with Crippen molar-refractivity contribution in [1.29, 1.82) is 0 Å². The molecular formula is C22H21N3O3. The molecule has 2 aromatic carbocycles. The molecule has 0 saturated carbocycles. The Balaban J connectivity index is 1.51. The Morgan fingerprint density at radius 3 is 2.14 bits per heavy atom. The smallest absolute Gasteiger partial charge is 0.359 e. The van der Waals surface area contributed by atoms with Gasteiger partial charge in [0.1, 0.15) is 0 Å². The van der Waals surface area contributed by atoms with Crippen LogP contribution in [0.1, 0.15) is 34.0 Å². The molecule has 1 N–H and O–H groups in total. The number of nitrogens with one attached hydrogen (secondary N) is 1. The van der Waals surface area contributed by atoms with Gasteiger partial charge in [0, 0.05) is 24.9 Å².